The van der Waals surface area contributed by atoms with Gasteiger partial charge in [0.25, 0.3) is 5.91 Å². The van der Waals surface area contributed by atoms with Crippen molar-refractivity contribution in [1.82, 2.24) is 19.3 Å². The third-order valence-electron chi connectivity index (χ3n) is 3.22. The molecule has 0 saturated carbocycles. The largest absolute Gasteiger partial charge is 0.335 e. The van der Waals surface area contributed by atoms with Crippen LogP contribution in [0.25, 0.3) is 5.65 Å². The number of thioether (sulfide) groups is 1. The van der Waals surface area contributed by atoms with Gasteiger partial charge in [-0.3, -0.25) is 4.79 Å². The van der Waals surface area contributed by atoms with Gasteiger partial charge in [-0.25, -0.2) is 9.97 Å². The van der Waals surface area contributed by atoms with Crippen LogP contribution in [0.4, 0.5) is 0 Å². The summed E-state index contributed by atoms with van der Waals surface area (Å²) in [7, 11) is 0. The molecule has 0 N–H and O–H groups in total. The highest BCUT2D eigenvalue weighted by atomic mass is 32.2. The maximum atomic E-state index is 12.6. The standard InChI is InChI=1S/C13H16N4OS/c1-9-7-17(8-10(2)19-9)13(18)11-12-15-4-6-16(12)5-3-14-11/h3-6,9-10H,7-8H2,1-2H3. The number of aromatic nitrogens is 3. The lowest BCUT2D eigenvalue weighted by atomic mass is 10.3. The van der Waals surface area contributed by atoms with E-state index in [4.69, 9.17) is 0 Å². The van der Waals surface area contributed by atoms with Crippen LogP contribution in [0.15, 0.2) is 24.8 Å². The maximum absolute atomic E-state index is 12.6. The van der Waals surface area contributed by atoms with E-state index in [-0.39, 0.29) is 5.91 Å². The summed E-state index contributed by atoms with van der Waals surface area (Å²) in [5, 5.41) is 0.930. The normalized spacial score (nSPS) is 23.8. The van der Waals surface area contributed by atoms with Gasteiger partial charge in [0.1, 0.15) is 0 Å². The van der Waals surface area contributed by atoms with Crippen LogP contribution < -0.4 is 0 Å². The van der Waals surface area contributed by atoms with Crippen molar-refractivity contribution < 1.29 is 4.79 Å². The molecular weight excluding hydrogens is 260 g/mol. The first kappa shape index (κ1) is 12.5. The predicted molar refractivity (Wildman–Crippen MR) is 75.4 cm³/mol. The third-order valence-corrected chi connectivity index (χ3v) is 4.45. The van der Waals surface area contributed by atoms with Crippen molar-refractivity contribution in [1.29, 1.82) is 0 Å². The van der Waals surface area contributed by atoms with Crippen molar-refractivity contribution in [2.45, 2.75) is 24.3 Å². The smallest absolute Gasteiger partial charge is 0.276 e. The van der Waals surface area contributed by atoms with Gasteiger partial charge >= 0.3 is 0 Å². The summed E-state index contributed by atoms with van der Waals surface area (Å²) in [5.74, 6) is -0.0178. The molecule has 2 aromatic heterocycles. The van der Waals surface area contributed by atoms with Crippen LogP contribution >= 0.6 is 11.8 Å². The molecule has 2 unspecified atom stereocenters. The Labute approximate surface area is 116 Å². The van der Waals surface area contributed by atoms with Crippen LogP contribution in [0.5, 0.6) is 0 Å². The lowest BCUT2D eigenvalue weighted by Crippen LogP contribution is -2.44. The fourth-order valence-corrected chi connectivity index (χ4v) is 3.82. The average molecular weight is 276 g/mol. The Morgan fingerprint density at radius 3 is 2.53 bits per heavy atom. The van der Waals surface area contributed by atoms with E-state index >= 15 is 0 Å². The van der Waals surface area contributed by atoms with E-state index in [2.05, 4.69) is 23.8 Å². The van der Waals surface area contributed by atoms with Gasteiger partial charge in [-0.1, -0.05) is 13.8 Å². The Morgan fingerprint density at radius 2 is 1.84 bits per heavy atom. The number of imidazole rings is 1. The lowest BCUT2D eigenvalue weighted by molar-refractivity contribution is 0.0749. The van der Waals surface area contributed by atoms with Crippen LogP contribution in [0, 0.1) is 0 Å². The van der Waals surface area contributed by atoms with E-state index in [0.29, 0.717) is 21.8 Å². The first-order chi connectivity index (χ1) is 9.15. The van der Waals surface area contributed by atoms with Crippen LogP contribution in [0.3, 0.4) is 0 Å². The molecule has 3 heterocycles. The molecule has 3 rings (SSSR count). The lowest BCUT2D eigenvalue weighted by Gasteiger charge is -2.34. The fourth-order valence-electron chi connectivity index (χ4n) is 2.50. The number of nitrogens with zero attached hydrogens (tertiary/aromatic N) is 4. The number of hydrogen-bond donors (Lipinski definition) is 0. The molecule has 0 aliphatic carbocycles. The van der Waals surface area contributed by atoms with Crippen LogP contribution in [0.1, 0.15) is 24.3 Å². The van der Waals surface area contributed by atoms with Crippen LogP contribution in [0.2, 0.25) is 0 Å². The molecule has 2 aromatic rings. The molecule has 0 aromatic carbocycles. The minimum atomic E-state index is -0.0178. The number of fused-ring (bicyclic) bond motifs is 1. The molecule has 2 atom stereocenters. The fraction of sp³-hybridized carbons (Fsp3) is 0.462. The maximum Gasteiger partial charge on any atom is 0.276 e. The third kappa shape index (κ3) is 2.32. The van der Waals surface area contributed by atoms with Gasteiger partial charge in [0.05, 0.1) is 0 Å². The van der Waals surface area contributed by atoms with Crippen LogP contribution in [-0.4, -0.2) is 48.8 Å². The number of rotatable bonds is 1. The molecule has 0 spiro atoms. The molecule has 1 aliphatic rings. The van der Waals surface area contributed by atoms with E-state index in [0.717, 1.165) is 13.1 Å². The van der Waals surface area contributed by atoms with Gasteiger partial charge in [0.15, 0.2) is 11.3 Å². The summed E-state index contributed by atoms with van der Waals surface area (Å²) in [6.45, 7) is 5.86. The SMILES string of the molecule is CC1CN(C(=O)c2nccn3ccnc23)CC(C)S1. The van der Waals surface area contributed by atoms with Crippen molar-refractivity contribution >= 4 is 23.3 Å². The highest BCUT2D eigenvalue weighted by molar-refractivity contribution is 8.00. The summed E-state index contributed by atoms with van der Waals surface area (Å²) in [4.78, 5) is 22.9. The van der Waals surface area contributed by atoms with Crippen molar-refractivity contribution in [2.75, 3.05) is 13.1 Å². The Hall–Kier alpha value is -1.56. The minimum absolute atomic E-state index is 0.0178. The Balaban J connectivity index is 1.93. The molecule has 19 heavy (non-hydrogen) atoms. The molecular formula is C13H16N4OS. The number of hydrogen-bond acceptors (Lipinski definition) is 4. The first-order valence-corrected chi connectivity index (χ1v) is 7.32. The van der Waals surface area contributed by atoms with Gasteiger partial charge in [-0.2, -0.15) is 11.8 Å². The molecule has 1 aliphatic heterocycles. The van der Waals surface area contributed by atoms with Gasteiger partial charge in [0, 0.05) is 48.4 Å². The Morgan fingerprint density at radius 1 is 1.21 bits per heavy atom. The second kappa shape index (κ2) is 4.85. The molecule has 0 bridgehead atoms. The minimum Gasteiger partial charge on any atom is -0.335 e. The van der Waals surface area contributed by atoms with Gasteiger partial charge in [-0.05, 0) is 0 Å². The molecule has 100 valence electrons. The summed E-state index contributed by atoms with van der Waals surface area (Å²) >= 11 is 1.93. The first-order valence-electron chi connectivity index (χ1n) is 6.37. The summed E-state index contributed by atoms with van der Waals surface area (Å²) < 4.78 is 1.83. The van der Waals surface area contributed by atoms with Gasteiger partial charge < -0.3 is 9.30 Å². The highest BCUT2D eigenvalue weighted by Gasteiger charge is 2.28. The summed E-state index contributed by atoms with van der Waals surface area (Å²) in [5.41, 5.74) is 1.07. The zero-order valence-corrected chi connectivity index (χ0v) is 11.8. The van der Waals surface area contributed by atoms with E-state index in [9.17, 15) is 4.79 Å². The van der Waals surface area contributed by atoms with Crippen molar-refractivity contribution in [3.63, 3.8) is 0 Å². The quantitative estimate of drug-likeness (QED) is 0.795. The molecule has 1 saturated heterocycles. The number of carbonyl (C=O) groups excluding carboxylic acids is 1. The number of amides is 1. The van der Waals surface area contributed by atoms with E-state index < -0.39 is 0 Å². The molecule has 1 amide bonds. The highest BCUT2D eigenvalue weighted by Crippen LogP contribution is 2.25. The Kier molecular flexibility index (Phi) is 3.18. The average Bonchev–Trinajstić information content (AvgIpc) is 2.84. The predicted octanol–water partition coefficient (Wildman–Crippen LogP) is 1.70. The van der Waals surface area contributed by atoms with E-state index in [1.165, 1.54) is 0 Å². The second-order valence-corrected chi connectivity index (χ2v) is 6.78. The van der Waals surface area contributed by atoms with E-state index in [1.54, 1.807) is 18.6 Å². The monoisotopic (exact) mass is 276 g/mol. The van der Waals surface area contributed by atoms with E-state index in [1.807, 2.05) is 27.3 Å². The zero-order chi connectivity index (χ0) is 13.4. The zero-order valence-electron chi connectivity index (χ0n) is 11.0. The molecule has 1 fully saturated rings. The van der Waals surface area contributed by atoms with Gasteiger partial charge in [0.2, 0.25) is 0 Å². The summed E-state index contributed by atoms with van der Waals surface area (Å²) in [6, 6.07) is 0. The summed E-state index contributed by atoms with van der Waals surface area (Å²) in [6.07, 6.45) is 6.96. The molecule has 5 nitrogen and oxygen atoms in total. The Bertz CT molecular complexity index is 601. The molecule has 6 heteroatoms. The van der Waals surface area contributed by atoms with Crippen molar-refractivity contribution in [2.24, 2.45) is 0 Å². The topological polar surface area (TPSA) is 50.5 Å². The number of carbonyl (C=O) groups is 1. The second-order valence-electron chi connectivity index (χ2n) is 4.90. The van der Waals surface area contributed by atoms with Crippen molar-refractivity contribution in [3.8, 4) is 0 Å². The van der Waals surface area contributed by atoms with Crippen LogP contribution in [-0.2, 0) is 0 Å². The van der Waals surface area contributed by atoms with Crippen molar-refractivity contribution in [3.05, 3.63) is 30.5 Å². The molecule has 0 radical (unpaired) electrons. The van der Waals surface area contributed by atoms with Gasteiger partial charge in [-0.15, -0.1) is 0 Å².